The number of rotatable bonds is 1. The van der Waals surface area contributed by atoms with Gasteiger partial charge in [0.15, 0.2) is 5.65 Å². The maximum Gasteiger partial charge on any atom is 0.159 e. The third-order valence-electron chi connectivity index (χ3n) is 3.09. The number of anilines is 1. The van der Waals surface area contributed by atoms with Crippen molar-refractivity contribution in [3.8, 4) is 0 Å². The average Bonchev–Trinajstić information content (AvgIpc) is 2.73. The van der Waals surface area contributed by atoms with Crippen molar-refractivity contribution in [2.24, 2.45) is 0 Å². The zero-order chi connectivity index (χ0) is 11.0. The van der Waals surface area contributed by atoms with Crippen LogP contribution in [0.3, 0.4) is 0 Å². The van der Waals surface area contributed by atoms with Crippen LogP contribution >= 0.6 is 0 Å². The Hall–Kier alpha value is -1.62. The molecule has 5 nitrogen and oxygen atoms in total. The van der Waals surface area contributed by atoms with E-state index in [1.54, 1.807) is 16.9 Å². The summed E-state index contributed by atoms with van der Waals surface area (Å²) in [6.07, 6.45) is 9.07. The Bertz CT molecular complexity index is 498. The lowest BCUT2D eigenvalue weighted by atomic mass is 10.00. The van der Waals surface area contributed by atoms with Crippen LogP contribution in [0.25, 0.3) is 5.65 Å². The molecule has 1 aliphatic rings. The Morgan fingerprint density at radius 2 is 2.31 bits per heavy atom. The Balaban J connectivity index is 2.03. The highest BCUT2D eigenvalue weighted by Gasteiger charge is 2.19. The van der Waals surface area contributed by atoms with E-state index >= 15 is 0 Å². The number of piperidine rings is 1. The number of nitrogens with zero attached hydrogens (tertiary/aromatic N) is 3. The van der Waals surface area contributed by atoms with Gasteiger partial charge in [0.1, 0.15) is 0 Å². The largest absolute Gasteiger partial charge is 0.396 e. The van der Waals surface area contributed by atoms with E-state index in [4.69, 9.17) is 5.73 Å². The molecule has 5 heteroatoms. The van der Waals surface area contributed by atoms with Crippen molar-refractivity contribution in [1.29, 1.82) is 0 Å². The summed E-state index contributed by atoms with van der Waals surface area (Å²) in [5.41, 5.74) is 8.40. The molecule has 3 heterocycles. The Labute approximate surface area is 93.7 Å². The molecular formula is C11H15N5. The summed E-state index contributed by atoms with van der Waals surface area (Å²) in [7, 11) is 0. The highest BCUT2D eigenvalue weighted by Crippen LogP contribution is 2.25. The lowest BCUT2D eigenvalue weighted by Crippen LogP contribution is -2.26. The van der Waals surface area contributed by atoms with Crippen molar-refractivity contribution in [3.05, 3.63) is 24.2 Å². The second-order valence-electron chi connectivity index (χ2n) is 4.26. The SMILES string of the molecule is Nc1cnc2c(C3CCCCN3)cnn2c1. The summed E-state index contributed by atoms with van der Waals surface area (Å²) >= 11 is 0. The van der Waals surface area contributed by atoms with Gasteiger partial charge in [0.2, 0.25) is 0 Å². The number of hydrogen-bond donors (Lipinski definition) is 2. The first-order valence-corrected chi connectivity index (χ1v) is 5.67. The van der Waals surface area contributed by atoms with Gasteiger partial charge in [0.25, 0.3) is 0 Å². The molecule has 1 saturated heterocycles. The van der Waals surface area contributed by atoms with Crippen LogP contribution in [-0.4, -0.2) is 21.1 Å². The van der Waals surface area contributed by atoms with E-state index < -0.39 is 0 Å². The molecule has 0 bridgehead atoms. The summed E-state index contributed by atoms with van der Waals surface area (Å²) < 4.78 is 1.75. The molecule has 16 heavy (non-hydrogen) atoms. The van der Waals surface area contributed by atoms with Crippen molar-refractivity contribution in [2.45, 2.75) is 25.3 Å². The Kier molecular flexibility index (Phi) is 2.25. The number of aromatic nitrogens is 3. The molecule has 3 N–H and O–H groups in total. The van der Waals surface area contributed by atoms with Crippen LogP contribution in [0.2, 0.25) is 0 Å². The molecule has 0 aliphatic carbocycles. The summed E-state index contributed by atoms with van der Waals surface area (Å²) in [5, 5.41) is 7.79. The summed E-state index contributed by atoms with van der Waals surface area (Å²) in [6.45, 7) is 1.08. The van der Waals surface area contributed by atoms with Crippen LogP contribution in [0.5, 0.6) is 0 Å². The topological polar surface area (TPSA) is 68.2 Å². The molecule has 2 aromatic rings. The van der Waals surface area contributed by atoms with Crippen molar-refractivity contribution in [1.82, 2.24) is 19.9 Å². The standard InChI is InChI=1S/C11H15N5/c12-8-5-14-11-9(6-15-16(11)7-8)10-3-1-2-4-13-10/h5-7,10,13H,1-4,12H2. The summed E-state index contributed by atoms with van der Waals surface area (Å²) in [4.78, 5) is 4.35. The third kappa shape index (κ3) is 1.53. The van der Waals surface area contributed by atoms with Gasteiger partial charge in [-0.1, -0.05) is 6.42 Å². The van der Waals surface area contributed by atoms with E-state index in [0.29, 0.717) is 11.7 Å². The van der Waals surface area contributed by atoms with Crippen molar-refractivity contribution < 1.29 is 0 Å². The smallest absolute Gasteiger partial charge is 0.159 e. The average molecular weight is 217 g/mol. The van der Waals surface area contributed by atoms with Gasteiger partial charge in [0.05, 0.1) is 24.3 Å². The number of nitrogens with two attached hydrogens (primary N) is 1. The van der Waals surface area contributed by atoms with Gasteiger partial charge in [-0.3, -0.25) is 0 Å². The van der Waals surface area contributed by atoms with Gasteiger partial charge in [-0.2, -0.15) is 5.10 Å². The fourth-order valence-corrected chi connectivity index (χ4v) is 2.27. The number of nitrogen functional groups attached to an aromatic ring is 1. The molecular weight excluding hydrogens is 202 g/mol. The number of fused-ring (bicyclic) bond motifs is 1. The van der Waals surface area contributed by atoms with Crippen molar-refractivity contribution >= 4 is 11.3 Å². The summed E-state index contributed by atoms with van der Waals surface area (Å²) in [6, 6.07) is 0.391. The van der Waals surface area contributed by atoms with Crippen molar-refractivity contribution in [3.63, 3.8) is 0 Å². The predicted octanol–water partition coefficient (Wildman–Crippen LogP) is 1.13. The second kappa shape index (κ2) is 3.75. The van der Waals surface area contributed by atoms with E-state index in [-0.39, 0.29) is 0 Å². The fourth-order valence-electron chi connectivity index (χ4n) is 2.27. The predicted molar refractivity (Wildman–Crippen MR) is 62.0 cm³/mol. The van der Waals surface area contributed by atoms with Gasteiger partial charge in [0, 0.05) is 11.6 Å². The molecule has 0 saturated carbocycles. The highest BCUT2D eigenvalue weighted by molar-refractivity contribution is 5.51. The Morgan fingerprint density at radius 1 is 1.38 bits per heavy atom. The van der Waals surface area contributed by atoms with E-state index in [1.165, 1.54) is 18.4 Å². The molecule has 1 unspecified atom stereocenters. The van der Waals surface area contributed by atoms with Crippen LogP contribution < -0.4 is 11.1 Å². The van der Waals surface area contributed by atoms with Gasteiger partial charge in [-0.05, 0) is 19.4 Å². The first kappa shape index (κ1) is 9.59. The van der Waals surface area contributed by atoms with Gasteiger partial charge in [-0.15, -0.1) is 0 Å². The third-order valence-corrected chi connectivity index (χ3v) is 3.09. The first-order valence-electron chi connectivity index (χ1n) is 5.67. The monoisotopic (exact) mass is 217 g/mol. The maximum atomic E-state index is 5.67. The maximum absolute atomic E-state index is 5.67. The van der Waals surface area contributed by atoms with Crippen LogP contribution in [0, 0.1) is 0 Å². The second-order valence-corrected chi connectivity index (χ2v) is 4.26. The number of hydrogen-bond acceptors (Lipinski definition) is 4. The lowest BCUT2D eigenvalue weighted by Gasteiger charge is -2.22. The van der Waals surface area contributed by atoms with Crippen LogP contribution in [0.15, 0.2) is 18.6 Å². The van der Waals surface area contributed by atoms with Crippen LogP contribution in [0.4, 0.5) is 5.69 Å². The first-order chi connectivity index (χ1) is 7.84. The minimum atomic E-state index is 0.391. The quantitative estimate of drug-likeness (QED) is 0.751. The fraction of sp³-hybridized carbons (Fsp3) is 0.455. The Morgan fingerprint density at radius 3 is 3.12 bits per heavy atom. The van der Waals surface area contributed by atoms with Gasteiger partial charge >= 0.3 is 0 Å². The molecule has 0 aromatic carbocycles. The van der Waals surface area contributed by atoms with E-state index in [2.05, 4.69) is 15.4 Å². The zero-order valence-electron chi connectivity index (χ0n) is 9.06. The normalized spacial score (nSPS) is 21.4. The number of nitrogens with one attached hydrogen (secondary N) is 1. The van der Waals surface area contributed by atoms with E-state index in [0.717, 1.165) is 18.6 Å². The molecule has 2 aromatic heterocycles. The molecule has 0 spiro atoms. The van der Waals surface area contributed by atoms with Crippen LogP contribution in [-0.2, 0) is 0 Å². The molecule has 1 aliphatic heterocycles. The molecule has 0 amide bonds. The highest BCUT2D eigenvalue weighted by atomic mass is 15.2. The molecule has 1 fully saturated rings. The van der Waals surface area contributed by atoms with Crippen LogP contribution in [0.1, 0.15) is 30.9 Å². The zero-order valence-corrected chi connectivity index (χ0v) is 9.06. The van der Waals surface area contributed by atoms with E-state index in [9.17, 15) is 0 Å². The van der Waals surface area contributed by atoms with Gasteiger partial charge in [-0.25, -0.2) is 9.50 Å². The minimum Gasteiger partial charge on any atom is -0.396 e. The molecule has 0 radical (unpaired) electrons. The molecule has 1 atom stereocenters. The van der Waals surface area contributed by atoms with E-state index in [1.807, 2.05) is 6.20 Å². The summed E-state index contributed by atoms with van der Waals surface area (Å²) in [5.74, 6) is 0. The van der Waals surface area contributed by atoms with Gasteiger partial charge < -0.3 is 11.1 Å². The minimum absolute atomic E-state index is 0.391. The molecule has 84 valence electrons. The molecule has 3 rings (SSSR count). The lowest BCUT2D eigenvalue weighted by molar-refractivity contribution is 0.414. The van der Waals surface area contributed by atoms with Crippen molar-refractivity contribution in [2.75, 3.05) is 12.3 Å².